The lowest BCUT2D eigenvalue weighted by Gasteiger charge is -2.35. The number of rotatable bonds is 6. The number of nitrogens with two attached hydrogens (primary N) is 1. The molecule has 0 aliphatic heterocycles. The topological polar surface area (TPSA) is 67.6 Å². The van der Waals surface area contributed by atoms with Crippen molar-refractivity contribution in [1.29, 1.82) is 0 Å². The molecule has 0 spiro atoms. The van der Waals surface area contributed by atoms with Crippen molar-refractivity contribution in [1.82, 2.24) is 4.90 Å². The van der Waals surface area contributed by atoms with Gasteiger partial charge in [-0.25, -0.2) is 0 Å². The standard InChI is InChI=1S/C15H23N3O2/c1-18(9-11-6-12(16)7-11)10-15(19)17-13-4-3-5-14(8-13)20-2/h3-5,8,11-12H,6-7,9-10,16H2,1-2H3,(H,17,19). The fourth-order valence-electron chi connectivity index (χ4n) is 2.59. The van der Waals surface area contributed by atoms with E-state index in [1.54, 1.807) is 7.11 Å². The van der Waals surface area contributed by atoms with Gasteiger partial charge in [0, 0.05) is 24.3 Å². The van der Waals surface area contributed by atoms with Crippen molar-refractivity contribution >= 4 is 11.6 Å². The van der Waals surface area contributed by atoms with Crippen molar-refractivity contribution in [2.75, 3.05) is 32.6 Å². The average Bonchev–Trinajstić information content (AvgIpc) is 2.36. The number of nitrogens with zero attached hydrogens (tertiary/aromatic N) is 1. The van der Waals surface area contributed by atoms with Crippen molar-refractivity contribution in [3.63, 3.8) is 0 Å². The van der Waals surface area contributed by atoms with Crippen LogP contribution in [0.15, 0.2) is 24.3 Å². The van der Waals surface area contributed by atoms with Gasteiger partial charge in [0.2, 0.25) is 5.91 Å². The van der Waals surface area contributed by atoms with Crippen LogP contribution in [0.1, 0.15) is 12.8 Å². The lowest BCUT2D eigenvalue weighted by atomic mass is 9.81. The van der Waals surface area contributed by atoms with Crippen LogP contribution in [-0.4, -0.2) is 44.1 Å². The number of amides is 1. The van der Waals surface area contributed by atoms with Crippen LogP contribution >= 0.6 is 0 Å². The minimum atomic E-state index is -0.00984. The van der Waals surface area contributed by atoms with Crippen molar-refractivity contribution in [2.45, 2.75) is 18.9 Å². The molecule has 1 aromatic carbocycles. The van der Waals surface area contributed by atoms with E-state index < -0.39 is 0 Å². The second-order valence-corrected chi connectivity index (χ2v) is 5.57. The number of hydrogen-bond donors (Lipinski definition) is 2. The van der Waals surface area contributed by atoms with Crippen molar-refractivity contribution < 1.29 is 9.53 Å². The summed E-state index contributed by atoms with van der Waals surface area (Å²) in [7, 11) is 3.58. The molecule has 5 heteroatoms. The number of benzene rings is 1. The number of hydrogen-bond acceptors (Lipinski definition) is 4. The molecule has 0 saturated heterocycles. The highest BCUT2D eigenvalue weighted by atomic mass is 16.5. The zero-order chi connectivity index (χ0) is 14.5. The average molecular weight is 277 g/mol. The first-order valence-corrected chi connectivity index (χ1v) is 6.95. The normalized spacial score (nSPS) is 21.4. The second kappa shape index (κ2) is 6.72. The maximum Gasteiger partial charge on any atom is 0.238 e. The van der Waals surface area contributed by atoms with Crippen LogP contribution in [-0.2, 0) is 4.79 Å². The molecule has 0 bridgehead atoms. The van der Waals surface area contributed by atoms with E-state index in [0.29, 0.717) is 18.5 Å². The van der Waals surface area contributed by atoms with Crippen molar-refractivity contribution in [3.05, 3.63) is 24.3 Å². The van der Waals surface area contributed by atoms with E-state index in [-0.39, 0.29) is 5.91 Å². The Morgan fingerprint density at radius 3 is 2.90 bits per heavy atom. The Morgan fingerprint density at radius 2 is 2.25 bits per heavy atom. The van der Waals surface area contributed by atoms with Gasteiger partial charge in [-0.15, -0.1) is 0 Å². The Hall–Kier alpha value is -1.59. The third-order valence-corrected chi connectivity index (χ3v) is 3.61. The summed E-state index contributed by atoms with van der Waals surface area (Å²) in [5, 5.41) is 2.88. The molecule has 3 N–H and O–H groups in total. The summed E-state index contributed by atoms with van der Waals surface area (Å²) in [6.45, 7) is 1.32. The molecule has 1 aliphatic rings. The first kappa shape index (κ1) is 14.8. The Labute approximate surface area is 120 Å². The molecule has 20 heavy (non-hydrogen) atoms. The van der Waals surface area contributed by atoms with Gasteiger partial charge in [-0.2, -0.15) is 0 Å². The third kappa shape index (κ3) is 4.21. The van der Waals surface area contributed by atoms with Crippen molar-refractivity contribution in [2.24, 2.45) is 11.7 Å². The fourth-order valence-corrected chi connectivity index (χ4v) is 2.59. The molecule has 0 aromatic heterocycles. The first-order valence-electron chi connectivity index (χ1n) is 6.95. The van der Waals surface area contributed by atoms with E-state index in [1.165, 1.54) is 0 Å². The van der Waals surface area contributed by atoms with Gasteiger partial charge >= 0.3 is 0 Å². The fraction of sp³-hybridized carbons (Fsp3) is 0.533. The van der Waals surface area contributed by atoms with Crippen molar-refractivity contribution in [3.8, 4) is 5.75 Å². The van der Waals surface area contributed by atoms with E-state index in [2.05, 4.69) is 5.32 Å². The molecule has 1 aromatic rings. The summed E-state index contributed by atoms with van der Waals surface area (Å²) in [6, 6.07) is 7.73. The summed E-state index contributed by atoms with van der Waals surface area (Å²) >= 11 is 0. The van der Waals surface area contributed by atoms with E-state index in [1.807, 2.05) is 36.2 Å². The molecule has 0 radical (unpaired) electrons. The predicted molar refractivity (Wildman–Crippen MR) is 79.8 cm³/mol. The van der Waals surface area contributed by atoms with Crippen LogP contribution in [0.2, 0.25) is 0 Å². The number of likely N-dealkylation sites (N-methyl/N-ethyl adjacent to an activating group) is 1. The van der Waals surface area contributed by atoms with Gasteiger partial charge in [-0.05, 0) is 37.9 Å². The summed E-state index contributed by atoms with van der Waals surface area (Å²) < 4.78 is 5.13. The Bertz CT molecular complexity index is 458. The molecular weight excluding hydrogens is 254 g/mol. The molecule has 110 valence electrons. The molecule has 1 aliphatic carbocycles. The Balaban J connectivity index is 1.76. The molecule has 0 heterocycles. The van der Waals surface area contributed by atoms with Gasteiger partial charge in [0.15, 0.2) is 0 Å². The van der Waals surface area contributed by atoms with Crippen LogP contribution in [0, 0.1) is 5.92 Å². The molecule has 0 unspecified atom stereocenters. The highest BCUT2D eigenvalue weighted by Crippen LogP contribution is 2.25. The van der Waals surface area contributed by atoms with E-state index in [9.17, 15) is 4.79 Å². The van der Waals surface area contributed by atoms with Crippen LogP contribution in [0.5, 0.6) is 5.75 Å². The molecule has 1 saturated carbocycles. The number of anilines is 1. The first-order chi connectivity index (χ1) is 9.56. The Kier molecular flexibility index (Phi) is 4.98. The van der Waals surface area contributed by atoms with Crippen LogP contribution in [0.4, 0.5) is 5.69 Å². The summed E-state index contributed by atoms with van der Waals surface area (Å²) in [6.07, 6.45) is 2.14. The van der Waals surface area contributed by atoms with Gasteiger partial charge in [-0.3, -0.25) is 9.69 Å². The van der Waals surface area contributed by atoms with Gasteiger partial charge in [-0.1, -0.05) is 6.07 Å². The molecule has 5 nitrogen and oxygen atoms in total. The maximum atomic E-state index is 12.0. The van der Waals surface area contributed by atoms with E-state index in [0.717, 1.165) is 30.8 Å². The highest BCUT2D eigenvalue weighted by Gasteiger charge is 2.26. The molecule has 1 fully saturated rings. The summed E-state index contributed by atoms with van der Waals surface area (Å²) in [5.74, 6) is 1.36. The lowest BCUT2D eigenvalue weighted by Crippen LogP contribution is -2.43. The Morgan fingerprint density at radius 1 is 1.50 bits per heavy atom. The van der Waals surface area contributed by atoms with Gasteiger partial charge in [0.25, 0.3) is 0 Å². The van der Waals surface area contributed by atoms with E-state index >= 15 is 0 Å². The number of nitrogens with one attached hydrogen (secondary N) is 1. The quantitative estimate of drug-likeness (QED) is 0.822. The zero-order valence-corrected chi connectivity index (χ0v) is 12.1. The molecular formula is C15H23N3O2. The highest BCUT2D eigenvalue weighted by molar-refractivity contribution is 5.92. The minimum Gasteiger partial charge on any atom is -0.497 e. The largest absolute Gasteiger partial charge is 0.497 e. The number of carbonyl (C=O) groups excluding carboxylic acids is 1. The number of methoxy groups -OCH3 is 1. The molecule has 0 atom stereocenters. The number of carbonyl (C=O) groups is 1. The predicted octanol–water partition coefficient (Wildman–Crippen LogP) is 1.30. The second-order valence-electron chi connectivity index (χ2n) is 5.57. The summed E-state index contributed by atoms with van der Waals surface area (Å²) in [5.41, 5.74) is 6.52. The lowest BCUT2D eigenvalue weighted by molar-refractivity contribution is -0.117. The van der Waals surface area contributed by atoms with Gasteiger partial charge in [0.1, 0.15) is 5.75 Å². The summed E-state index contributed by atoms with van der Waals surface area (Å²) in [4.78, 5) is 14.0. The monoisotopic (exact) mass is 277 g/mol. The molecule has 1 amide bonds. The smallest absolute Gasteiger partial charge is 0.238 e. The van der Waals surface area contributed by atoms with E-state index in [4.69, 9.17) is 10.5 Å². The van der Waals surface area contributed by atoms with Crippen LogP contribution < -0.4 is 15.8 Å². The van der Waals surface area contributed by atoms with Crippen LogP contribution in [0.3, 0.4) is 0 Å². The minimum absolute atomic E-state index is 0.00984. The van der Waals surface area contributed by atoms with Gasteiger partial charge < -0.3 is 15.8 Å². The molecule has 2 rings (SSSR count). The van der Waals surface area contributed by atoms with Gasteiger partial charge in [0.05, 0.1) is 13.7 Å². The zero-order valence-electron chi connectivity index (χ0n) is 12.1. The maximum absolute atomic E-state index is 12.0. The third-order valence-electron chi connectivity index (χ3n) is 3.61. The van der Waals surface area contributed by atoms with Crippen LogP contribution in [0.25, 0.3) is 0 Å². The number of ether oxygens (including phenoxy) is 1. The SMILES string of the molecule is COc1cccc(NC(=O)CN(C)CC2CC(N)C2)c1.